The molecule has 0 spiro atoms. The fourth-order valence-electron chi connectivity index (χ4n) is 2.30. The second kappa shape index (κ2) is 7.04. The molecule has 7 nitrogen and oxygen atoms in total. The van der Waals surface area contributed by atoms with E-state index in [0.29, 0.717) is 13.1 Å². The van der Waals surface area contributed by atoms with Gasteiger partial charge in [0.25, 0.3) is 0 Å². The first kappa shape index (κ1) is 15.2. The molecule has 0 atom stereocenters. The van der Waals surface area contributed by atoms with Crippen LogP contribution in [0.1, 0.15) is 18.2 Å². The molecule has 0 fully saturated rings. The Hall–Kier alpha value is -2.70. The van der Waals surface area contributed by atoms with Gasteiger partial charge in [-0.15, -0.1) is 0 Å². The van der Waals surface area contributed by atoms with Gasteiger partial charge in [-0.2, -0.15) is 5.10 Å². The quantitative estimate of drug-likeness (QED) is 0.645. The average molecular weight is 315 g/mol. The number of nitrogens with one attached hydrogen (secondary N) is 2. The predicted molar refractivity (Wildman–Crippen MR) is 87.4 cm³/mol. The Morgan fingerprint density at radius 3 is 2.91 bits per heavy atom. The Bertz CT molecular complexity index is 696. The maximum atomic E-state index is 5.39. The molecule has 1 aromatic heterocycles. The smallest absolute Gasteiger partial charge is 0.231 e. The highest BCUT2D eigenvalue weighted by Crippen LogP contribution is 2.32. The first-order valence-electron chi connectivity index (χ1n) is 7.64. The van der Waals surface area contributed by atoms with Gasteiger partial charge in [-0.1, -0.05) is 6.07 Å². The normalized spacial score (nSPS) is 13.2. The topological polar surface area (TPSA) is 72.7 Å². The molecule has 1 aromatic carbocycles. The van der Waals surface area contributed by atoms with E-state index in [1.54, 1.807) is 6.20 Å². The van der Waals surface area contributed by atoms with Crippen molar-refractivity contribution in [2.24, 2.45) is 12.0 Å². The molecular weight excluding hydrogens is 294 g/mol. The molecule has 3 rings (SSSR count). The SMILES string of the molecule is CCNC(=NCc1ccc2c(c1)OCO2)NCc1ccnn1C. The number of hydrogen-bond donors (Lipinski definition) is 2. The van der Waals surface area contributed by atoms with Gasteiger partial charge in [0.15, 0.2) is 17.5 Å². The van der Waals surface area contributed by atoms with E-state index in [0.717, 1.165) is 35.3 Å². The number of aromatic nitrogens is 2. The van der Waals surface area contributed by atoms with Crippen LogP contribution >= 0.6 is 0 Å². The minimum absolute atomic E-state index is 0.289. The van der Waals surface area contributed by atoms with Gasteiger partial charge in [0, 0.05) is 19.8 Å². The number of hydrogen-bond acceptors (Lipinski definition) is 4. The third kappa shape index (κ3) is 3.74. The van der Waals surface area contributed by atoms with Crippen LogP contribution in [0.3, 0.4) is 0 Å². The summed E-state index contributed by atoms with van der Waals surface area (Å²) in [5.41, 5.74) is 2.17. The summed E-state index contributed by atoms with van der Waals surface area (Å²) < 4.78 is 12.6. The van der Waals surface area contributed by atoms with Gasteiger partial charge >= 0.3 is 0 Å². The summed E-state index contributed by atoms with van der Waals surface area (Å²) in [5.74, 6) is 2.34. The Kier molecular flexibility index (Phi) is 4.65. The van der Waals surface area contributed by atoms with Crippen LogP contribution in [0, 0.1) is 0 Å². The average Bonchev–Trinajstić information content (AvgIpc) is 3.18. The van der Waals surface area contributed by atoms with Crippen molar-refractivity contribution in [3.63, 3.8) is 0 Å². The van der Waals surface area contributed by atoms with Crippen molar-refractivity contribution in [1.29, 1.82) is 0 Å². The van der Waals surface area contributed by atoms with E-state index in [9.17, 15) is 0 Å². The number of nitrogens with zero attached hydrogens (tertiary/aromatic N) is 3. The highest BCUT2D eigenvalue weighted by atomic mass is 16.7. The van der Waals surface area contributed by atoms with E-state index in [2.05, 4.69) is 20.7 Å². The molecule has 0 unspecified atom stereocenters. The summed E-state index contributed by atoms with van der Waals surface area (Å²) in [6, 6.07) is 7.87. The Balaban J connectivity index is 1.63. The van der Waals surface area contributed by atoms with E-state index in [1.807, 2.05) is 42.9 Å². The van der Waals surface area contributed by atoms with Crippen molar-refractivity contribution in [3.05, 3.63) is 41.7 Å². The minimum atomic E-state index is 0.289. The second-order valence-electron chi connectivity index (χ2n) is 5.18. The van der Waals surface area contributed by atoms with Crippen LogP contribution in [-0.2, 0) is 20.1 Å². The fourth-order valence-corrected chi connectivity index (χ4v) is 2.30. The highest BCUT2D eigenvalue weighted by Gasteiger charge is 2.12. The zero-order chi connectivity index (χ0) is 16.1. The molecule has 0 bridgehead atoms. The molecule has 7 heteroatoms. The Morgan fingerprint density at radius 2 is 2.13 bits per heavy atom. The molecule has 2 heterocycles. The van der Waals surface area contributed by atoms with Crippen LogP contribution in [0.25, 0.3) is 0 Å². The zero-order valence-corrected chi connectivity index (χ0v) is 13.4. The molecule has 1 aliphatic rings. The first-order valence-corrected chi connectivity index (χ1v) is 7.64. The monoisotopic (exact) mass is 315 g/mol. The van der Waals surface area contributed by atoms with E-state index in [-0.39, 0.29) is 6.79 Å². The van der Waals surface area contributed by atoms with Crippen LogP contribution in [0.2, 0.25) is 0 Å². The number of aryl methyl sites for hydroxylation is 1. The molecule has 1 aliphatic heterocycles. The lowest BCUT2D eigenvalue weighted by Gasteiger charge is -2.11. The van der Waals surface area contributed by atoms with Gasteiger partial charge in [0.1, 0.15) is 0 Å². The molecular formula is C16H21N5O2. The van der Waals surface area contributed by atoms with Crippen molar-refractivity contribution in [2.45, 2.75) is 20.0 Å². The summed E-state index contributed by atoms with van der Waals surface area (Å²) in [5, 5.41) is 10.7. The molecule has 0 amide bonds. The van der Waals surface area contributed by atoms with Crippen molar-refractivity contribution in [3.8, 4) is 11.5 Å². The van der Waals surface area contributed by atoms with E-state index >= 15 is 0 Å². The summed E-state index contributed by atoms with van der Waals surface area (Å²) in [6.45, 7) is 4.37. The number of guanidine groups is 1. The van der Waals surface area contributed by atoms with Crippen LogP contribution in [0.15, 0.2) is 35.5 Å². The standard InChI is InChI=1S/C16H21N5O2/c1-3-17-16(19-10-13-6-7-20-21(13)2)18-9-12-4-5-14-15(8-12)23-11-22-14/h4-8H,3,9-11H2,1-2H3,(H2,17,18,19). The van der Waals surface area contributed by atoms with Crippen LogP contribution in [0.5, 0.6) is 11.5 Å². The van der Waals surface area contributed by atoms with E-state index in [4.69, 9.17) is 9.47 Å². The van der Waals surface area contributed by atoms with Gasteiger partial charge < -0.3 is 20.1 Å². The number of fused-ring (bicyclic) bond motifs is 1. The number of ether oxygens (including phenoxy) is 2. The van der Waals surface area contributed by atoms with Crippen molar-refractivity contribution in [1.82, 2.24) is 20.4 Å². The van der Waals surface area contributed by atoms with Gasteiger partial charge in [0.2, 0.25) is 6.79 Å². The summed E-state index contributed by atoms with van der Waals surface area (Å²) in [6.07, 6.45) is 1.79. The maximum absolute atomic E-state index is 5.39. The van der Waals surface area contributed by atoms with Gasteiger partial charge in [-0.25, -0.2) is 4.99 Å². The van der Waals surface area contributed by atoms with Gasteiger partial charge in [-0.05, 0) is 30.7 Å². The summed E-state index contributed by atoms with van der Waals surface area (Å²) >= 11 is 0. The number of aliphatic imine (C=N–C) groups is 1. The molecule has 122 valence electrons. The highest BCUT2D eigenvalue weighted by molar-refractivity contribution is 5.79. The molecule has 0 radical (unpaired) electrons. The zero-order valence-electron chi connectivity index (χ0n) is 13.4. The van der Waals surface area contributed by atoms with E-state index < -0.39 is 0 Å². The third-order valence-corrected chi connectivity index (χ3v) is 3.56. The largest absolute Gasteiger partial charge is 0.454 e. The van der Waals surface area contributed by atoms with Gasteiger partial charge in [0.05, 0.1) is 18.8 Å². The molecule has 0 aliphatic carbocycles. The number of benzene rings is 1. The lowest BCUT2D eigenvalue weighted by atomic mass is 10.2. The summed E-state index contributed by atoms with van der Waals surface area (Å²) in [4.78, 5) is 4.61. The maximum Gasteiger partial charge on any atom is 0.231 e. The summed E-state index contributed by atoms with van der Waals surface area (Å²) in [7, 11) is 1.92. The van der Waals surface area contributed by atoms with Gasteiger partial charge in [-0.3, -0.25) is 4.68 Å². The first-order chi connectivity index (χ1) is 11.3. The van der Waals surface area contributed by atoms with Crippen molar-refractivity contribution in [2.75, 3.05) is 13.3 Å². The Labute approximate surface area is 135 Å². The molecule has 2 N–H and O–H groups in total. The van der Waals surface area contributed by atoms with E-state index in [1.165, 1.54) is 0 Å². The molecule has 23 heavy (non-hydrogen) atoms. The second-order valence-corrected chi connectivity index (χ2v) is 5.18. The lowest BCUT2D eigenvalue weighted by molar-refractivity contribution is 0.174. The fraction of sp³-hybridized carbons (Fsp3) is 0.375. The molecule has 2 aromatic rings. The van der Waals surface area contributed by atoms with Crippen molar-refractivity contribution < 1.29 is 9.47 Å². The molecule has 0 saturated heterocycles. The predicted octanol–water partition coefficient (Wildman–Crippen LogP) is 1.40. The lowest BCUT2D eigenvalue weighted by Crippen LogP contribution is -2.37. The van der Waals surface area contributed by atoms with Crippen LogP contribution in [0.4, 0.5) is 0 Å². The van der Waals surface area contributed by atoms with Crippen LogP contribution in [-0.4, -0.2) is 29.1 Å². The van der Waals surface area contributed by atoms with Crippen LogP contribution < -0.4 is 20.1 Å². The minimum Gasteiger partial charge on any atom is -0.454 e. The molecule has 0 saturated carbocycles. The third-order valence-electron chi connectivity index (χ3n) is 3.56. The van der Waals surface area contributed by atoms with Crippen molar-refractivity contribution >= 4 is 5.96 Å². The number of rotatable bonds is 5. The Morgan fingerprint density at radius 1 is 1.26 bits per heavy atom.